The van der Waals surface area contributed by atoms with Gasteiger partial charge in [0.1, 0.15) is 0 Å². The molecule has 0 saturated heterocycles. The summed E-state index contributed by atoms with van der Waals surface area (Å²) in [5, 5.41) is 8.79. The minimum atomic E-state index is -0.555. The van der Waals surface area contributed by atoms with E-state index in [1.165, 1.54) is 31.8 Å². The summed E-state index contributed by atoms with van der Waals surface area (Å²) in [4.78, 5) is 0. The average Bonchev–Trinajstić information content (AvgIpc) is 3.14. The maximum Gasteiger partial charge on any atom is 2.00 e. The molecule has 247 valence electrons. The summed E-state index contributed by atoms with van der Waals surface area (Å²) in [6.07, 6.45) is 3.44. The molecule has 0 aromatic heterocycles. The Kier molecular flexibility index (Phi) is 16.1. The molecule has 0 saturated carbocycles. The van der Waals surface area contributed by atoms with Gasteiger partial charge < -0.3 is 6.92 Å². The molecule has 49 heavy (non-hydrogen) atoms. The Morgan fingerprint density at radius 2 is 0.551 bits per heavy atom. The summed E-state index contributed by atoms with van der Waals surface area (Å²) in [5.74, 6) is 0.667. The molecule has 6 rings (SSSR count). The van der Waals surface area contributed by atoms with Crippen LogP contribution >= 0.6 is 23.8 Å². The van der Waals surface area contributed by atoms with Crippen molar-refractivity contribution in [2.75, 3.05) is 18.5 Å². The van der Waals surface area contributed by atoms with Crippen molar-refractivity contribution in [1.29, 1.82) is 0 Å². The molecule has 0 nitrogen and oxygen atoms in total. The van der Waals surface area contributed by atoms with Gasteiger partial charge >= 0.3 is 19.5 Å². The summed E-state index contributed by atoms with van der Waals surface area (Å²) in [5.41, 5.74) is 0.0756. The molecular weight excluding hydrogens is 734 g/mol. The van der Waals surface area contributed by atoms with Crippen molar-refractivity contribution in [1.82, 2.24) is 0 Å². The first kappa shape index (κ1) is 39.0. The van der Waals surface area contributed by atoms with Gasteiger partial charge in [-0.3, -0.25) is 0 Å². The fourth-order valence-corrected chi connectivity index (χ4v) is 14.6. The molecule has 0 N–H and O–H groups in total. The Morgan fingerprint density at radius 3 is 0.694 bits per heavy atom. The van der Waals surface area contributed by atoms with Crippen LogP contribution in [-0.2, 0) is 19.5 Å². The van der Waals surface area contributed by atoms with Crippen LogP contribution in [0.1, 0.15) is 6.92 Å². The summed E-state index contributed by atoms with van der Waals surface area (Å²) >= 11 is 0. The van der Waals surface area contributed by atoms with Gasteiger partial charge in [-0.25, -0.2) is 0 Å². The van der Waals surface area contributed by atoms with Crippen LogP contribution in [0.3, 0.4) is 0 Å². The van der Waals surface area contributed by atoms with E-state index in [4.69, 9.17) is 0 Å². The largest absolute Gasteiger partial charge is 2.00 e. The first-order chi connectivity index (χ1) is 23.4. The van der Waals surface area contributed by atoms with Gasteiger partial charge in [0.05, 0.1) is 0 Å². The van der Waals surface area contributed by atoms with E-state index in [0.717, 1.165) is 18.5 Å². The fourth-order valence-electron chi connectivity index (χ4n) is 5.94. The third kappa shape index (κ3) is 11.9. The van der Waals surface area contributed by atoms with Crippen molar-refractivity contribution in [2.45, 2.75) is 6.92 Å². The van der Waals surface area contributed by atoms with Crippen molar-refractivity contribution in [3.8, 4) is 0 Å². The summed E-state index contributed by atoms with van der Waals surface area (Å²) in [6, 6.07) is 67.7. The predicted octanol–water partition coefficient (Wildman–Crippen LogP) is 9.45. The van der Waals surface area contributed by atoms with E-state index in [0.29, 0.717) is 5.92 Å². The number of benzene rings is 6. The SMILES string of the molecule is CC(CP(c1ccccc1)c1ccccc1)(CP(c1ccccc1)c1ccccc1)CP(c1ccccc1)c1ccccc1.[CH2][C]([CH2])[CH2-].[Ru+2]. The molecule has 0 amide bonds. The zero-order chi connectivity index (χ0) is 33.6. The third-order valence-corrected chi connectivity index (χ3v) is 16.8. The molecule has 6 aromatic rings. The monoisotopic (exact) mass is 780 g/mol. The molecule has 0 aliphatic carbocycles. The van der Waals surface area contributed by atoms with E-state index >= 15 is 0 Å². The van der Waals surface area contributed by atoms with Crippen molar-refractivity contribution in [3.05, 3.63) is 209 Å². The van der Waals surface area contributed by atoms with Gasteiger partial charge in [0.25, 0.3) is 0 Å². The molecule has 0 atom stereocenters. The van der Waals surface area contributed by atoms with E-state index in [1.807, 2.05) is 0 Å². The first-order valence-electron chi connectivity index (χ1n) is 16.4. The molecule has 4 heteroatoms. The summed E-state index contributed by atoms with van der Waals surface area (Å²) < 4.78 is 0. The van der Waals surface area contributed by atoms with Crippen LogP contribution in [0.5, 0.6) is 0 Å². The average molecular weight is 780 g/mol. The van der Waals surface area contributed by atoms with Crippen molar-refractivity contribution >= 4 is 55.6 Å². The van der Waals surface area contributed by atoms with Crippen LogP contribution < -0.4 is 31.8 Å². The van der Waals surface area contributed by atoms with Gasteiger partial charge in [0.2, 0.25) is 0 Å². The van der Waals surface area contributed by atoms with Gasteiger partial charge in [0, 0.05) is 0 Å². The molecule has 0 unspecified atom stereocenters. The summed E-state index contributed by atoms with van der Waals surface area (Å²) in [7, 11) is -1.66. The number of hydrogen-bond acceptors (Lipinski definition) is 0. The van der Waals surface area contributed by atoms with Crippen LogP contribution in [0.15, 0.2) is 182 Å². The van der Waals surface area contributed by atoms with Crippen LogP contribution in [0.4, 0.5) is 0 Å². The molecular formula is C45H45P3Ru+. The molecule has 0 aliphatic rings. The standard InChI is InChI=1S/C41H39P3.C4H6.Ru/c1-41(32-42(35-20-8-2-9-21-35)36-22-10-3-11-23-36,33-43(37-24-12-4-13-25-37)38-26-14-5-15-27-38)34-44(39-28-16-6-17-29-39)40-30-18-7-19-31-40;1-4(2)3;/h2-31H,32-34H2,1H3;1-3H2;/q;-1;+2. The summed E-state index contributed by atoms with van der Waals surface area (Å²) in [6.45, 7) is 12.6. The van der Waals surface area contributed by atoms with Gasteiger partial charge in [0.15, 0.2) is 0 Å². The predicted molar refractivity (Wildman–Crippen MR) is 219 cm³/mol. The molecule has 0 heterocycles. The minimum absolute atomic E-state index is 0. The minimum Gasteiger partial charge on any atom is -0.339 e. The van der Waals surface area contributed by atoms with Crippen LogP contribution in [0.25, 0.3) is 0 Å². The Labute approximate surface area is 312 Å². The molecule has 0 spiro atoms. The van der Waals surface area contributed by atoms with E-state index in [1.54, 1.807) is 0 Å². The number of rotatable bonds is 12. The molecule has 0 bridgehead atoms. The van der Waals surface area contributed by atoms with Gasteiger partial charge in [-0.2, -0.15) is 5.92 Å². The Bertz CT molecular complexity index is 1410. The zero-order valence-electron chi connectivity index (χ0n) is 28.3. The fraction of sp³-hybridized carbons (Fsp3) is 0.111. The van der Waals surface area contributed by atoms with Crippen molar-refractivity contribution < 1.29 is 19.5 Å². The smallest absolute Gasteiger partial charge is 0.339 e. The van der Waals surface area contributed by atoms with Crippen LogP contribution in [-0.4, -0.2) is 18.5 Å². The third-order valence-electron chi connectivity index (χ3n) is 8.03. The Morgan fingerprint density at radius 1 is 0.408 bits per heavy atom. The van der Waals surface area contributed by atoms with Crippen molar-refractivity contribution in [3.63, 3.8) is 0 Å². The molecule has 6 aromatic carbocycles. The normalized spacial score (nSPS) is 11.3. The van der Waals surface area contributed by atoms with Gasteiger partial charge in [-0.15, -0.1) is 0 Å². The second kappa shape index (κ2) is 20.2. The molecule has 3 radical (unpaired) electrons. The van der Waals surface area contributed by atoms with Crippen LogP contribution in [0, 0.1) is 32.1 Å². The Balaban J connectivity index is 0.00000103. The van der Waals surface area contributed by atoms with Crippen LogP contribution in [0.2, 0.25) is 0 Å². The maximum absolute atomic E-state index is 3.33. The maximum atomic E-state index is 3.33. The van der Waals surface area contributed by atoms with E-state index in [9.17, 15) is 0 Å². The second-order valence-electron chi connectivity index (χ2n) is 12.3. The quantitative estimate of drug-likeness (QED) is 0.0660. The van der Waals surface area contributed by atoms with Crippen molar-refractivity contribution in [2.24, 2.45) is 5.41 Å². The molecule has 0 aliphatic heterocycles. The second-order valence-corrected chi connectivity index (χ2v) is 18.9. The van der Waals surface area contributed by atoms with E-state index < -0.39 is 23.8 Å². The first-order valence-corrected chi connectivity index (χ1v) is 21.0. The van der Waals surface area contributed by atoms with E-state index in [2.05, 4.69) is 210 Å². The Hall–Kier alpha value is -2.77. The molecule has 0 fully saturated rings. The van der Waals surface area contributed by atoms with Gasteiger partial charge in [-0.1, -0.05) is 203 Å². The number of hydrogen-bond donors (Lipinski definition) is 0. The zero-order valence-corrected chi connectivity index (χ0v) is 32.7. The van der Waals surface area contributed by atoms with E-state index in [-0.39, 0.29) is 24.9 Å². The topological polar surface area (TPSA) is 0 Å². The van der Waals surface area contributed by atoms with Gasteiger partial charge in [-0.05, 0) is 79.5 Å².